The van der Waals surface area contributed by atoms with Crippen LogP contribution in [-0.4, -0.2) is 55.1 Å². The Morgan fingerprint density at radius 1 is 1.02 bits per heavy atom. The molecule has 0 saturated carbocycles. The molecule has 0 aliphatic carbocycles. The van der Waals surface area contributed by atoms with Crippen molar-refractivity contribution in [3.05, 3.63) is 76.5 Å². The number of benzene rings is 2. The van der Waals surface area contributed by atoms with Gasteiger partial charge in [0.2, 0.25) is 0 Å². The molecule has 2 heterocycles. The predicted molar refractivity (Wildman–Crippen MR) is 163 cm³/mol. The second kappa shape index (κ2) is 13.9. The summed E-state index contributed by atoms with van der Waals surface area (Å²) in [6.45, 7) is 6.17. The van der Waals surface area contributed by atoms with Crippen LogP contribution in [0.1, 0.15) is 37.9 Å². The molecule has 1 aromatic heterocycles. The number of nitrogens with zero attached hydrogens (tertiary/aromatic N) is 2. The number of hydrogen-bond donors (Lipinski definition) is 1. The Hall–Kier alpha value is -3.85. The maximum absolute atomic E-state index is 13.9. The molecule has 1 N–H and O–H groups in total. The normalized spacial score (nSPS) is 14.4. The number of fused-ring (bicyclic) bond motifs is 1. The number of aromatic nitrogens is 1. The van der Waals surface area contributed by atoms with Crippen molar-refractivity contribution in [2.24, 2.45) is 4.99 Å². The number of carboxylic acids is 1. The summed E-state index contributed by atoms with van der Waals surface area (Å²) >= 11 is 3.20. The summed E-state index contributed by atoms with van der Waals surface area (Å²) in [5.74, 6) is -0.0221. The highest BCUT2D eigenvalue weighted by Gasteiger charge is 2.31. The van der Waals surface area contributed by atoms with Crippen molar-refractivity contribution in [1.82, 2.24) is 4.57 Å². The molecular weight excluding hydrogens is 679 g/mol. The molecule has 0 unspecified atom stereocenters. The second-order valence-corrected chi connectivity index (χ2v) is 10.9. The Morgan fingerprint density at radius 3 is 2.38 bits per heavy atom. The van der Waals surface area contributed by atoms with E-state index in [0.29, 0.717) is 66.8 Å². The summed E-state index contributed by atoms with van der Waals surface area (Å²) in [6, 6.07) is 7.90. The number of carbonyl (C=O) groups excluding carboxylic acids is 1. The lowest BCUT2D eigenvalue weighted by Gasteiger charge is -2.23. The van der Waals surface area contributed by atoms with Gasteiger partial charge >= 0.3 is 11.9 Å². The van der Waals surface area contributed by atoms with E-state index in [1.807, 2.05) is 36.4 Å². The Bertz CT molecular complexity index is 1710. The van der Waals surface area contributed by atoms with E-state index < -0.39 is 24.6 Å². The highest BCUT2D eigenvalue weighted by molar-refractivity contribution is 14.1. The number of rotatable bonds is 12. The van der Waals surface area contributed by atoms with Gasteiger partial charge in [-0.05, 0) is 84.8 Å². The van der Waals surface area contributed by atoms with E-state index in [1.54, 1.807) is 43.3 Å². The van der Waals surface area contributed by atoms with Gasteiger partial charge in [0.1, 0.15) is 0 Å². The third kappa shape index (κ3) is 6.62. The van der Waals surface area contributed by atoms with Crippen LogP contribution in [-0.2, 0) is 14.3 Å². The molecule has 4 rings (SSSR count). The van der Waals surface area contributed by atoms with Gasteiger partial charge in [-0.25, -0.2) is 14.6 Å². The van der Waals surface area contributed by atoms with E-state index in [9.17, 15) is 14.4 Å². The molecule has 2 aromatic carbocycles. The molecular formula is C29H29IN2O9S. The van der Waals surface area contributed by atoms with Crippen molar-refractivity contribution in [2.45, 2.75) is 26.8 Å². The fraction of sp³-hybridized carbons (Fsp3) is 0.310. The molecule has 1 aliphatic rings. The maximum atomic E-state index is 13.9. The molecule has 0 spiro atoms. The van der Waals surface area contributed by atoms with Crippen molar-refractivity contribution < 1.29 is 38.4 Å². The summed E-state index contributed by atoms with van der Waals surface area (Å²) in [6.07, 6.45) is 3.12. The van der Waals surface area contributed by atoms with Crippen LogP contribution >= 0.6 is 33.9 Å². The first-order valence-electron chi connectivity index (χ1n) is 13.0. The number of carboxylic acid groups (broad SMARTS) is 1. The molecule has 0 amide bonds. The van der Waals surface area contributed by atoms with Crippen molar-refractivity contribution in [3.63, 3.8) is 0 Å². The predicted octanol–water partition coefficient (Wildman–Crippen LogP) is 3.28. The fourth-order valence-electron chi connectivity index (χ4n) is 4.35. The van der Waals surface area contributed by atoms with Crippen LogP contribution in [0.25, 0.3) is 6.08 Å². The zero-order chi connectivity index (χ0) is 30.4. The van der Waals surface area contributed by atoms with Crippen molar-refractivity contribution >= 4 is 51.9 Å². The van der Waals surface area contributed by atoms with Crippen LogP contribution < -0.4 is 33.8 Å². The van der Waals surface area contributed by atoms with E-state index in [2.05, 4.69) is 4.99 Å². The zero-order valence-electron chi connectivity index (χ0n) is 23.3. The van der Waals surface area contributed by atoms with Crippen LogP contribution in [0, 0.1) is 3.57 Å². The standard InChI is InChI=1S/C29H29IN2O9S/c1-5-38-20-9-8-17(13-21(20)39-6-2)25-18(28(36)37-4)14-31-29-32(25)27(35)23(42-29)12-16-10-19(30)26(41-15-24(33)34)22(11-16)40-7-3/h8-14,25H,5-7,15H2,1-4H3,(H,33,34)/b23-12-/t25-/m0/s1. The van der Waals surface area contributed by atoms with Gasteiger partial charge in [0.15, 0.2) is 34.4 Å². The third-order valence-electron chi connectivity index (χ3n) is 5.98. The largest absolute Gasteiger partial charge is 0.490 e. The third-order valence-corrected chi connectivity index (χ3v) is 7.78. The molecule has 11 nitrogen and oxygen atoms in total. The van der Waals surface area contributed by atoms with Crippen LogP contribution in [0.2, 0.25) is 0 Å². The first kappa shape index (κ1) is 31.1. The molecule has 0 radical (unpaired) electrons. The molecule has 1 aliphatic heterocycles. The SMILES string of the molecule is CCOc1ccc([C@H]2C(C(=O)OC)=CN=c3s/c(=C\c4cc(I)c(OCC(=O)O)c(OCC)c4)c(=O)n32)cc1OCC. The smallest absolute Gasteiger partial charge is 0.341 e. The highest BCUT2D eigenvalue weighted by Crippen LogP contribution is 2.36. The molecule has 0 bridgehead atoms. The van der Waals surface area contributed by atoms with Crippen molar-refractivity contribution in [3.8, 4) is 23.0 Å². The van der Waals surface area contributed by atoms with Crippen molar-refractivity contribution in [1.29, 1.82) is 0 Å². The van der Waals surface area contributed by atoms with E-state index in [0.717, 1.165) is 0 Å². The molecule has 0 saturated heterocycles. The van der Waals surface area contributed by atoms with Gasteiger partial charge in [0.25, 0.3) is 5.56 Å². The monoisotopic (exact) mass is 708 g/mol. The Kier molecular flexibility index (Phi) is 10.3. The van der Waals surface area contributed by atoms with Crippen LogP contribution in [0.4, 0.5) is 0 Å². The number of thiazole rings is 1. The number of ether oxygens (including phenoxy) is 5. The number of esters is 1. The molecule has 42 heavy (non-hydrogen) atoms. The Balaban J connectivity index is 1.86. The topological polar surface area (TPSA) is 135 Å². The summed E-state index contributed by atoms with van der Waals surface area (Å²) < 4.78 is 30.1. The lowest BCUT2D eigenvalue weighted by Crippen LogP contribution is -2.39. The van der Waals surface area contributed by atoms with Gasteiger partial charge in [-0.1, -0.05) is 17.4 Å². The molecule has 1 atom stereocenters. The first-order valence-corrected chi connectivity index (χ1v) is 14.9. The molecule has 3 aromatic rings. The average Bonchev–Trinajstić information content (AvgIpc) is 3.27. The van der Waals surface area contributed by atoms with E-state index >= 15 is 0 Å². The molecule has 0 fully saturated rings. The van der Waals surface area contributed by atoms with Gasteiger partial charge in [0, 0.05) is 6.20 Å². The summed E-state index contributed by atoms with van der Waals surface area (Å²) in [4.78, 5) is 42.6. The Labute approximate surface area is 258 Å². The van der Waals surface area contributed by atoms with Crippen LogP contribution in [0.15, 0.2) is 51.9 Å². The minimum absolute atomic E-state index is 0.191. The molecule has 13 heteroatoms. The Morgan fingerprint density at radius 2 is 1.71 bits per heavy atom. The fourth-order valence-corrected chi connectivity index (χ4v) is 6.10. The van der Waals surface area contributed by atoms with Gasteiger partial charge in [-0.3, -0.25) is 9.36 Å². The number of methoxy groups -OCH3 is 1. The van der Waals surface area contributed by atoms with Gasteiger partial charge in [-0.15, -0.1) is 0 Å². The lowest BCUT2D eigenvalue weighted by atomic mass is 9.97. The second-order valence-electron chi connectivity index (χ2n) is 8.69. The van der Waals surface area contributed by atoms with E-state index in [4.69, 9.17) is 28.8 Å². The summed E-state index contributed by atoms with van der Waals surface area (Å²) in [5, 5.41) is 9.03. The average molecular weight is 709 g/mol. The summed E-state index contributed by atoms with van der Waals surface area (Å²) in [7, 11) is 1.27. The lowest BCUT2D eigenvalue weighted by molar-refractivity contribution is -0.139. The molecule has 222 valence electrons. The number of halogens is 1. The van der Waals surface area contributed by atoms with E-state index in [-0.39, 0.29) is 11.1 Å². The number of hydrogen-bond acceptors (Lipinski definition) is 10. The highest BCUT2D eigenvalue weighted by atomic mass is 127. The minimum atomic E-state index is -1.11. The van der Waals surface area contributed by atoms with Gasteiger partial charge in [-0.2, -0.15) is 0 Å². The minimum Gasteiger partial charge on any atom is -0.490 e. The summed E-state index contributed by atoms with van der Waals surface area (Å²) in [5.41, 5.74) is 1.09. The first-order chi connectivity index (χ1) is 20.2. The van der Waals surface area contributed by atoms with Gasteiger partial charge in [0.05, 0.1) is 46.6 Å². The number of carbonyl (C=O) groups is 2. The van der Waals surface area contributed by atoms with Crippen LogP contribution in [0.5, 0.6) is 23.0 Å². The zero-order valence-corrected chi connectivity index (χ0v) is 26.3. The van der Waals surface area contributed by atoms with Gasteiger partial charge < -0.3 is 28.8 Å². The maximum Gasteiger partial charge on any atom is 0.341 e. The number of aliphatic carboxylic acids is 1. The van der Waals surface area contributed by atoms with Crippen LogP contribution in [0.3, 0.4) is 0 Å². The quantitative estimate of drug-likeness (QED) is 0.222. The van der Waals surface area contributed by atoms with E-state index in [1.165, 1.54) is 29.2 Å². The van der Waals surface area contributed by atoms with Crippen molar-refractivity contribution in [2.75, 3.05) is 33.5 Å².